The number of nitrogens with zero attached hydrogens (tertiary/aromatic N) is 4. The average Bonchev–Trinajstić information content (AvgIpc) is 3.08. The van der Waals surface area contributed by atoms with E-state index in [9.17, 15) is 10.2 Å². The van der Waals surface area contributed by atoms with Crippen LogP contribution in [0.4, 0.5) is 5.82 Å². The molecule has 0 amide bonds. The van der Waals surface area contributed by atoms with E-state index in [0.29, 0.717) is 46.5 Å². The fraction of sp³-hybridized carbons (Fsp3) is 0.353. The van der Waals surface area contributed by atoms with E-state index in [1.54, 1.807) is 12.3 Å². The van der Waals surface area contributed by atoms with Crippen molar-refractivity contribution in [2.45, 2.75) is 25.9 Å². The van der Waals surface area contributed by atoms with Gasteiger partial charge in [-0.1, -0.05) is 11.6 Å². The number of hydrogen-bond donors (Lipinski definition) is 3. The molecule has 130 valence electrons. The Kier molecular flexibility index (Phi) is 3.59. The Morgan fingerprint density at radius 1 is 1.32 bits per heavy atom. The van der Waals surface area contributed by atoms with E-state index in [-0.39, 0.29) is 5.75 Å². The van der Waals surface area contributed by atoms with Crippen LogP contribution in [0.5, 0.6) is 5.75 Å². The van der Waals surface area contributed by atoms with Crippen LogP contribution >= 0.6 is 11.6 Å². The predicted octanol–water partition coefficient (Wildman–Crippen LogP) is 2.65. The number of aliphatic hydroxyl groups is 1. The first kappa shape index (κ1) is 16.1. The van der Waals surface area contributed by atoms with Crippen molar-refractivity contribution in [2.24, 2.45) is 0 Å². The molecule has 25 heavy (non-hydrogen) atoms. The summed E-state index contributed by atoms with van der Waals surface area (Å²) in [5, 5.41) is 20.8. The van der Waals surface area contributed by atoms with Crippen molar-refractivity contribution in [3.05, 3.63) is 28.9 Å². The maximum Gasteiger partial charge on any atom is 0.197 e. The number of β-amino-alcohol motifs (C(OH)–C–C–N with tert-alkyl or cyclic N) is 1. The minimum atomic E-state index is -0.706. The molecule has 1 fully saturated rings. The van der Waals surface area contributed by atoms with Gasteiger partial charge in [0.2, 0.25) is 0 Å². The summed E-state index contributed by atoms with van der Waals surface area (Å²) in [6, 6.07) is 3.25. The quantitative estimate of drug-likeness (QED) is 0.650. The lowest BCUT2D eigenvalue weighted by Crippen LogP contribution is -2.30. The number of anilines is 1. The third-order valence-electron chi connectivity index (χ3n) is 4.49. The van der Waals surface area contributed by atoms with E-state index < -0.39 is 5.60 Å². The molecule has 0 radical (unpaired) electrons. The summed E-state index contributed by atoms with van der Waals surface area (Å²) in [7, 11) is 0. The smallest absolute Gasteiger partial charge is 0.197 e. The SMILES string of the molecule is Cc1cc(Cl)cc(O)c1-c1nc2ncc(N3CCC(C)(O)C3)nc2[nH]1. The molecular formula is C17H18ClN5O2. The first-order valence-electron chi connectivity index (χ1n) is 8.02. The molecule has 2 aromatic heterocycles. The van der Waals surface area contributed by atoms with Gasteiger partial charge in [0, 0.05) is 18.1 Å². The van der Waals surface area contributed by atoms with Gasteiger partial charge in [-0.05, 0) is 38.0 Å². The highest BCUT2D eigenvalue weighted by molar-refractivity contribution is 6.31. The van der Waals surface area contributed by atoms with Gasteiger partial charge < -0.3 is 20.1 Å². The Labute approximate surface area is 149 Å². The van der Waals surface area contributed by atoms with Gasteiger partial charge in [-0.3, -0.25) is 0 Å². The fourth-order valence-corrected chi connectivity index (χ4v) is 3.50. The van der Waals surface area contributed by atoms with Crippen LogP contribution in [0.1, 0.15) is 18.9 Å². The van der Waals surface area contributed by atoms with Crippen molar-refractivity contribution in [1.82, 2.24) is 19.9 Å². The molecule has 8 heteroatoms. The third-order valence-corrected chi connectivity index (χ3v) is 4.71. The molecule has 3 N–H and O–H groups in total. The summed E-state index contributed by atoms with van der Waals surface area (Å²) in [5.41, 5.74) is 1.68. The van der Waals surface area contributed by atoms with Crippen molar-refractivity contribution in [1.29, 1.82) is 0 Å². The zero-order valence-electron chi connectivity index (χ0n) is 13.9. The van der Waals surface area contributed by atoms with Crippen LogP contribution in [0.3, 0.4) is 0 Å². The van der Waals surface area contributed by atoms with Crippen molar-refractivity contribution < 1.29 is 10.2 Å². The van der Waals surface area contributed by atoms with Gasteiger partial charge in [0.05, 0.1) is 17.4 Å². The number of nitrogens with one attached hydrogen (secondary N) is 1. The van der Waals surface area contributed by atoms with Gasteiger partial charge in [0.15, 0.2) is 11.3 Å². The molecule has 1 aromatic carbocycles. The van der Waals surface area contributed by atoms with Gasteiger partial charge in [0.25, 0.3) is 0 Å². The van der Waals surface area contributed by atoms with Crippen LogP contribution in [-0.2, 0) is 0 Å². The highest BCUT2D eigenvalue weighted by Crippen LogP contribution is 2.34. The van der Waals surface area contributed by atoms with E-state index in [0.717, 1.165) is 12.1 Å². The Balaban J connectivity index is 1.75. The molecule has 1 atom stereocenters. The monoisotopic (exact) mass is 359 g/mol. The number of H-pyrrole nitrogens is 1. The number of aryl methyl sites for hydroxylation is 1. The molecule has 1 unspecified atom stereocenters. The van der Waals surface area contributed by atoms with Crippen LogP contribution in [0.25, 0.3) is 22.7 Å². The Morgan fingerprint density at radius 3 is 2.80 bits per heavy atom. The number of halogens is 1. The lowest BCUT2D eigenvalue weighted by Gasteiger charge is -2.19. The summed E-state index contributed by atoms with van der Waals surface area (Å²) in [6.45, 7) is 4.92. The van der Waals surface area contributed by atoms with Gasteiger partial charge in [-0.2, -0.15) is 0 Å². The molecule has 0 aliphatic carbocycles. The number of benzene rings is 1. The second-order valence-electron chi connectivity index (χ2n) is 6.77. The average molecular weight is 360 g/mol. The molecule has 3 aromatic rings. The standard InChI is InChI=1S/C17H18ClN5O2/c1-9-5-10(18)6-11(24)13(9)14-21-15-16(22-14)20-12(7-19-15)23-4-3-17(2,25)8-23/h5-7,24-25H,3-4,8H2,1-2H3,(H,19,20,21,22). The Morgan fingerprint density at radius 2 is 2.12 bits per heavy atom. The number of phenols is 1. The molecule has 1 saturated heterocycles. The van der Waals surface area contributed by atoms with Crippen molar-refractivity contribution in [3.63, 3.8) is 0 Å². The Bertz CT molecular complexity index is 946. The number of aromatic nitrogens is 4. The number of aromatic amines is 1. The summed E-state index contributed by atoms with van der Waals surface area (Å²) < 4.78 is 0. The third kappa shape index (κ3) is 2.89. The van der Waals surface area contributed by atoms with Crippen LogP contribution in [0.15, 0.2) is 18.3 Å². The first-order chi connectivity index (χ1) is 11.8. The summed E-state index contributed by atoms with van der Waals surface area (Å²) in [4.78, 5) is 18.5. The van der Waals surface area contributed by atoms with Crippen LogP contribution < -0.4 is 4.90 Å². The van der Waals surface area contributed by atoms with E-state index >= 15 is 0 Å². The van der Waals surface area contributed by atoms with E-state index in [1.807, 2.05) is 18.7 Å². The summed E-state index contributed by atoms with van der Waals surface area (Å²) in [6.07, 6.45) is 2.35. The van der Waals surface area contributed by atoms with Gasteiger partial charge in [-0.15, -0.1) is 0 Å². The maximum atomic E-state index is 10.2. The van der Waals surface area contributed by atoms with E-state index in [1.165, 1.54) is 6.07 Å². The fourth-order valence-electron chi connectivity index (χ4n) is 3.23. The highest BCUT2D eigenvalue weighted by atomic mass is 35.5. The van der Waals surface area contributed by atoms with Crippen LogP contribution in [0, 0.1) is 6.92 Å². The number of phenolic OH excluding ortho intramolecular Hbond substituents is 1. The molecule has 4 rings (SSSR count). The van der Waals surface area contributed by atoms with Crippen molar-refractivity contribution in [3.8, 4) is 17.1 Å². The van der Waals surface area contributed by atoms with Gasteiger partial charge in [-0.25, -0.2) is 15.0 Å². The molecule has 0 saturated carbocycles. The van der Waals surface area contributed by atoms with Gasteiger partial charge in [0.1, 0.15) is 17.4 Å². The summed E-state index contributed by atoms with van der Waals surface area (Å²) in [5.74, 6) is 1.24. The van der Waals surface area contributed by atoms with Crippen molar-refractivity contribution in [2.75, 3.05) is 18.0 Å². The number of rotatable bonds is 2. The molecule has 0 spiro atoms. The zero-order valence-corrected chi connectivity index (χ0v) is 14.7. The molecule has 1 aliphatic heterocycles. The minimum Gasteiger partial charge on any atom is -0.507 e. The second kappa shape index (κ2) is 5.57. The largest absolute Gasteiger partial charge is 0.507 e. The molecule has 3 heterocycles. The first-order valence-corrected chi connectivity index (χ1v) is 8.40. The molecular weight excluding hydrogens is 342 g/mol. The second-order valence-corrected chi connectivity index (χ2v) is 7.21. The van der Waals surface area contributed by atoms with E-state index in [2.05, 4.69) is 19.9 Å². The molecule has 7 nitrogen and oxygen atoms in total. The molecule has 1 aliphatic rings. The van der Waals surface area contributed by atoms with E-state index in [4.69, 9.17) is 11.6 Å². The molecule has 0 bridgehead atoms. The maximum absolute atomic E-state index is 10.2. The zero-order chi connectivity index (χ0) is 17.8. The summed E-state index contributed by atoms with van der Waals surface area (Å²) >= 11 is 5.96. The van der Waals surface area contributed by atoms with Crippen molar-refractivity contribution >= 4 is 28.7 Å². The number of fused-ring (bicyclic) bond motifs is 1. The number of hydrogen-bond acceptors (Lipinski definition) is 6. The number of imidazole rings is 1. The lowest BCUT2D eigenvalue weighted by molar-refractivity contribution is 0.0839. The predicted molar refractivity (Wildman–Crippen MR) is 96.0 cm³/mol. The highest BCUT2D eigenvalue weighted by Gasteiger charge is 2.32. The topological polar surface area (TPSA) is 98.2 Å². The lowest BCUT2D eigenvalue weighted by atomic mass is 10.1. The number of aromatic hydroxyl groups is 1. The van der Waals surface area contributed by atoms with Gasteiger partial charge >= 0.3 is 0 Å². The Hall–Kier alpha value is -2.38. The van der Waals surface area contributed by atoms with Crippen LogP contribution in [-0.4, -0.2) is 48.8 Å². The minimum absolute atomic E-state index is 0.0554. The normalized spacial score (nSPS) is 20.6. The van der Waals surface area contributed by atoms with Crippen LogP contribution in [0.2, 0.25) is 5.02 Å².